The third-order valence-electron chi connectivity index (χ3n) is 5.12. The Morgan fingerprint density at radius 3 is 2.70 bits per heavy atom. The minimum absolute atomic E-state index is 0.0307. The second-order valence-electron chi connectivity index (χ2n) is 6.68. The van der Waals surface area contributed by atoms with Crippen molar-refractivity contribution in [2.24, 2.45) is 0 Å². The number of benzene rings is 2. The van der Waals surface area contributed by atoms with E-state index < -0.39 is 0 Å². The summed E-state index contributed by atoms with van der Waals surface area (Å²) in [5, 5.41) is 7.80. The molecule has 2 aromatic heterocycles. The predicted molar refractivity (Wildman–Crippen MR) is 102 cm³/mol. The quantitative estimate of drug-likeness (QED) is 0.549. The molecular weight excluding hydrogens is 342 g/mol. The van der Waals surface area contributed by atoms with Gasteiger partial charge in [-0.05, 0) is 36.6 Å². The Bertz CT molecular complexity index is 1240. The zero-order valence-corrected chi connectivity index (χ0v) is 14.6. The number of aromatic nitrogens is 4. The van der Waals surface area contributed by atoms with Gasteiger partial charge in [-0.2, -0.15) is 0 Å². The molecule has 0 bridgehead atoms. The van der Waals surface area contributed by atoms with Crippen molar-refractivity contribution >= 4 is 28.3 Å². The summed E-state index contributed by atoms with van der Waals surface area (Å²) in [4.78, 5) is 27.8. The number of amides is 1. The average molecular weight is 359 g/mol. The van der Waals surface area contributed by atoms with Crippen molar-refractivity contribution in [3.8, 4) is 0 Å². The fraction of sp³-hybridized carbons (Fsp3) is 0.200. The SMILES string of the molecule is O=C(Cn1c(=O)c2nncn2c2ccccc21)N1CCCc2ccccc21. The zero-order valence-electron chi connectivity index (χ0n) is 14.6. The molecule has 0 spiro atoms. The molecule has 5 rings (SSSR count). The van der Waals surface area contributed by atoms with Gasteiger partial charge in [0.05, 0.1) is 11.0 Å². The van der Waals surface area contributed by atoms with Crippen LogP contribution >= 0.6 is 0 Å². The lowest BCUT2D eigenvalue weighted by atomic mass is 10.0. The van der Waals surface area contributed by atoms with Gasteiger partial charge in [-0.1, -0.05) is 30.3 Å². The minimum atomic E-state index is -0.315. The molecule has 0 aliphatic carbocycles. The van der Waals surface area contributed by atoms with Gasteiger partial charge in [-0.3, -0.25) is 18.6 Å². The number of nitrogens with zero attached hydrogens (tertiary/aromatic N) is 5. The van der Waals surface area contributed by atoms with Crippen LogP contribution in [0.4, 0.5) is 5.69 Å². The largest absolute Gasteiger partial charge is 0.311 e. The summed E-state index contributed by atoms with van der Waals surface area (Å²) in [6.07, 6.45) is 3.41. The van der Waals surface area contributed by atoms with Crippen LogP contribution in [0.5, 0.6) is 0 Å². The van der Waals surface area contributed by atoms with Gasteiger partial charge in [0.15, 0.2) is 0 Å². The maximum atomic E-state index is 13.1. The van der Waals surface area contributed by atoms with E-state index in [-0.39, 0.29) is 23.7 Å². The molecule has 1 amide bonds. The maximum absolute atomic E-state index is 13.1. The number of fused-ring (bicyclic) bond motifs is 4. The summed E-state index contributed by atoms with van der Waals surface area (Å²) < 4.78 is 3.16. The van der Waals surface area contributed by atoms with Gasteiger partial charge in [0.2, 0.25) is 11.6 Å². The molecule has 0 saturated carbocycles. The molecular formula is C20H17N5O2. The van der Waals surface area contributed by atoms with Crippen molar-refractivity contribution in [1.29, 1.82) is 0 Å². The molecule has 27 heavy (non-hydrogen) atoms. The number of rotatable bonds is 2. The van der Waals surface area contributed by atoms with E-state index in [1.165, 1.54) is 16.5 Å². The van der Waals surface area contributed by atoms with Crippen LogP contribution in [0.1, 0.15) is 12.0 Å². The van der Waals surface area contributed by atoms with Crippen LogP contribution in [0.15, 0.2) is 59.7 Å². The van der Waals surface area contributed by atoms with Crippen molar-refractivity contribution in [2.45, 2.75) is 19.4 Å². The molecule has 1 aliphatic rings. The summed E-state index contributed by atoms with van der Waals surface area (Å²) in [6.45, 7) is 0.632. The zero-order chi connectivity index (χ0) is 18.4. The van der Waals surface area contributed by atoms with Gasteiger partial charge < -0.3 is 4.90 Å². The van der Waals surface area contributed by atoms with Gasteiger partial charge >= 0.3 is 0 Å². The van der Waals surface area contributed by atoms with Crippen LogP contribution < -0.4 is 10.5 Å². The Labute approximate surface area is 154 Å². The van der Waals surface area contributed by atoms with Gasteiger partial charge in [0, 0.05) is 12.2 Å². The van der Waals surface area contributed by atoms with Crippen LogP contribution in [0.2, 0.25) is 0 Å². The highest BCUT2D eigenvalue weighted by molar-refractivity contribution is 5.95. The first-order valence-electron chi connectivity index (χ1n) is 8.93. The second kappa shape index (κ2) is 6.05. The monoisotopic (exact) mass is 359 g/mol. The molecule has 0 saturated heterocycles. The normalized spacial score (nSPS) is 13.9. The molecule has 134 valence electrons. The van der Waals surface area contributed by atoms with Crippen molar-refractivity contribution in [3.05, 3.63) is 70.8 Å². The van der Waals surface area contributed by atoms with Gasteiger partial charge in [0.25, 0.3) is 5.56 Å². The molecule has 4 aromatic rings. The predicted octanol–water partition coefficient (Wildman–Crippen LogP) is 2.02. The molecule has 0 radical (unpaired) electrons. The summed E-state index contributed by atoms with van der Waals surface area (Å²) in [7, 11) is 0. The third-order valence-corrected chi connectivity index (χ3v) is 5.12. The van der Waals surface area contributed by atoms with E-state index >= 15 is 0 Å². The number of aryl methyl sites for hydroxylation is 1. The lowest BCUT2D eigenvalue weighted by Gasteiger charge is -2.29. The third kappa shape index (κ3) is 2.43. The molecule has 7 nitrogen and oxygen atoms in total. The summed E-state index contributed by atoms with van der Waals surface area (Å²) >= 11 is 0. The number of carbonyl (C=O) groups is 1. The van der Waals surface area contributed by atoms with Crippen LogP contribution in [0.3, 0.4) is 0 Å². The van der Waals surface area contributed by atoms with E-state index in [4.69, 9.17) is 0 Å². The molecule has 7 heteroatoms. The van der Waals surface area contributed by atoms with Gasteiger partial charge in [0.1, 0.15) is 12.9 Å². The molecule has 3 heterocycles. The van der Waals surface area contributed by atoms with E-state index in [1.54, 1.807) is 9.30 Å². The van der Waals surface area contributed by atoms with Crippen LogP contribution in [0.25, 0.3) is 16.7 Å². The fourth-order valence-electron chi connectivity index (χ4n) is 3.85. The van der Waals surface area contributed by atoms with Crippen molar-refractivity contribution in [3.63, 3.8) is 0 Å². The topological polar surface area (TPSA) is 72.5 Å². The first kappa shape index (κ1) is 15.7. The minimum Gasteiger partial charge on any atom is -0.311 e. The molecule has 0 unspecified atom stereocenters. The van der Waals surface area contributed by atoms with Crippen LogP contribution in [-0.4, -0.2) is 31.6 Å². The number of para-hydroxylation sites is 3. The Hall–Kier alpha value is -3.48. The van der Waals surface area contributed by atoms with Crippen molar-refractivity contribution in [1.82, 2.24) is 19.2 Å². The van der Waals surface area contributed by atoms with E-state index in [0.717, 1.165) is 24.0 Å². The fourth-order valence-corrected chi connectivity index (χ4v) is 3.85. The number of anilines is 1. The Kier molecular flexibility index (Phi) is 3.53. The summed E-state index contributed by atoms with van der Waals surface area (Å²) in [6, 6.07) is 15.4. The highest BCUT2D eigenvalue weighted by Crippen LogP contribution is 2.27. The first-order chi connectivity index (χ1) is 13.2. The number of carbonyl (C=O) groups excluding carboxylic acids is 1. The van der Waals surface area contributed by atoms with E-state index in [0.29, 0.717) is 12.1 Å². The number of hydrogen-bond donors (Lipinski definition) is 0. The standard InChI is InChI=1S/C20H17N5O2/c26-18(23-11-5-7-14-6-1-2-8-15(14)23)12-24-16-9-3-4-10-17(16)25-13-21-22-19(25)20(24)27/h1-4,6,8-10,13H,5,7,11-12H2. The summed E-state index contributed by atoms with van der Waals surface area (Å²) in [5.41, 5.74) is 3.50. The van der Waals surface area contributed by atoms with Crippen LogP contribution in [0, 0.1) is 0 Å². The Morgan fingerprint density at radius 2 is 1.81 bits per heavy atom. The average Bonchev–Trinajstić information content (AvgIpc) is 3.21. The van der Waals surface area contributed by atoms with Gasteiger partial charge in [-0.15, -0.1) is 10.2 Å². The Morgan fingerprint density at radius 1 is 1.04 bits per heavy atom. The first-order valence-corrected chi connectivity index (χ1v) is 8.93. The highest BCUT2D eigenvalue weighted by atomic mass is 16.2. The van der Waals surface area contributed by atoms with E-state index in [9.17, 15) is 9.59 Å². The molecule has 2 aromatic carbocycles. The van der Waals surface area contributed by atoms with E-state index in [2.05, 4.69) is 16.3 Å². The second-order valence-corrected chi connectivity index (χ2v) is 6.68. The Balaban J connectivity index is 1.62. The molecule has 0 fully saturated rings. The summed E-state index contributed by atoms with van der Waals surface area (Å²) in [5.74, 6) is -0.0988. The lowest BCUT2D eigenvalue weighted by Crippen LogP contribution is -2.40. The smallest absolute Gasteiger partial charge is 0.297 e. The van der Waals surface area contributed by atoms with Gasteiger partial charge in [-0.25, -0.2) is 0 Å². The molecule has 0 atom stereocenters. The van der Waals surface area contributed by atoms with Crippen molar-refractivity contribution in [2.75, 3.05) is 11.4 Å². The number of hydrogen-bond acceptors (Lipinski definition) is 4. The molecule has 1 aliphatic heterocycles. The van der Waals surface area contributed by atoms with E-state index in [1.807, 2.05) is 42.5 Å². The van der Waals surface area contributed by atoms with Crippen LogP contribution in [-0.2, 0) is 17.8 Å². The highest BCUT2D eigenvalue weighted by Gasteiger charge is 2.23. The maximum Gasteiger partial charge on any atom is 0.297 e. The van der Waals surface area contributed by atoms with Crippen molar-refractivity contribution < 1.29 is 4.79 Å². The molecule has 0 N–H and O–H groups in total. The lowest BCUT2D eigenvalue weighted by molar-refractivity contribution is -0.119.